The fourth-order valence-electron chi connectivity index (χ4n) is 3.91. The highest BCUT2D eigenvalue weighted by Crippen LogP contribution is 2.36. The maximum atomic E-state index is 12.9. The summed E-state index contributed by atoms with van der Waals surface area (Å²) in [4.78, 5) is 41.9. The molecule has 1 heterocycles. The summed E-state index contributed by atoms with van der Waals surface area (Å²) in [5.74, 6) is 0.0694. The summed E-state index contributed by atoms with van der Waals surface area (Å²) in [6.07, 6.45) is 6.24. The monoisotopic (exact) mass is 414 g/mol. The fourth-order valence-corrected chi connectivity index (χ4v) is 4.78. The summed E-state index contributed by atoms with van der Waals surface area (Å²) in [6.45, 7) is 2.13. The standard InChI is InChI=1S/C21H26N4O3S/c1-13-6-2-4-8-16(13)22-20(28)24-18(26)12-29-21-23-17-9-5-3-7-15(17)19(27)25(21)14-10-11-14/h3,5,7,9,13-14,16H,2,4,6,8,10-12H2,1H3,(H2,22,24,26,28)/t13-,16-/m0/s1. The SMILES string of the molecule is C[C@H]1CCCC[C@@H]1NC(=O)NC(=O)CSc1nc2ccccc2c(=O)n1C1CC1. The van der Waals surface area contributed by atoms with Crippen LogP contribution in [0.4, 0.5) is 4.79 Å². The van der Waals surface area contributed by atoms with Crippen molar-refractivity contribution in [2.45, 2.75) is 62.7 Å². The Bertz CT molecular complexity index is 986. The van der Waals surface area contributed by atoms with Gasteiger partial charge in [-0.05, 0) is 43.7 Å². The Morgan fingerprint density at radius 2 is 1.93 bits per heavy atom. The Kier molecular flexibility index (Phi) is 5.89. The smallest absolute Gasteiger partial charge is 0.321 e. The molecule has 2 aliphatic carbocycles. The lowest BCUT2D eigenvalue weighted by atomic mass is 9.86. The number of hydrogen-bond acceptors (Lipinski definition) is 5. The highest BCUT2D eigenvalue weighted by atomic mass is 32.2. The predicted molar refractivity (Wildman–Crippen MR) is 113 cm³/mol. The van der Waals surface area contributed by atoms with Crippen LogP contribution in [0.15, 0.2) is 34.2 Å². The van der Waals surface area contributed by atoms with Gasteiger partial charge in [-0.1, -0.05) is 43.7 Å². The van der Waals surface area contributed by atoms with Crippen molar-refractivity contribution in [3.63, 3.8) is 0 Å². The maximum Gasteiger partial charge on any atom is 0.321 e. The van der Waals surface area contributed by atoms with Crippen LogP contribution < -0.4 is 16.2 Å². The second-order valence-electron chi connectivity index (χ2n) is 8.00. The Balaban J connectivity index is 1.40. The maximum absolute atomic E-state index is 12.9. The van der Waals surface area contributed by atoms with E-state index in [9.17, 15) is 14.4 Å². The van der Waals surface area contributed by atoms with Gasteiger partial charge >= 0.3 is 6.03 Å². The van der Waals surface area contributed by atoms with Gasteiger partial charge in [0.25, 0.3) is 5.56 Å². The molecule has 0 aliphatic heterocycles. The third-order valence-corrected chi connectivity index (χ3v) is 6.65. The van der Waals surface area contributed by atoms with Gasteiger partial charge in [-0.3, -0.25) is 19.5 Å². The zero-order valence-corrected chi connectivity index (χ0v) is 17.3. The molecular formula is C21H26N4O3S. The van der Waals surface area contributed by atoms with Crippen molar-refractivity contribution in [1.29, 1.82) is 0 Å². The molecule has 3 amide bonds. The Morgan fingerprint density at radius 3 is 2.69 bits per heavy atom. The second kappa shape index (κ2) is 8.57. The number of hydrogen-bond donors (Lipinski definition) is 2. The van der Waals surface area contributed by atoms with Gasteiger partial charge in [0.1, 0.15) is 0 Å². The molecular weight excluding hydrogens is 388 g/mol. The molecule has 154 valence electrons. The zero-order chi connectivity index (χ0) is 20.4. The highest BCUT2D eigenvalue weighted by Gasteiger charge is 2.29. The number of fused-ring (bicyclic) bond motifs is 1. The average Bonchev–Trinajstić information content (AvgIpc) is 3.53. The molecule has 1 aromatic heterocycles. The molecule has 0 unspecified atom stereocenters. The molecule has 7 nitrogen and oxygen atoms in total. The van der Waals surface area contributed by atoms with Gasteiger partial charge in [0, 0.05) is 12.1 Å². The first kappa shape index (κ1) is 19.9. The molecule has 2 saturated carbocycles. The van der Waals surface area contributed by atoms with Gasteiger partial charge in [-0.25, -0.2) is 9.78 Å². The van der Waals surface area contributed by atoms with E-state index < -0.39 is 6.03 Å². The van der Waals surface area contributed by atoms with Gasteiger partial charge in [-0.2, -0.15) is 0 Å². The minimum absolute atomic E-state index is 0.0329. The van der Waals surface area contributed by atoms with Crippen molar-refractivity contribution in [3.05, 3.63) is 34.6 Å². The molecule has 2 N–H and O–H groups in total. The lowest BCUT2D eigenvalue weighted by Crippen LogP contribution is -2.48. The van der Waals surface area contributed by atoms with E-state index in [0.717, 1.165) is 32.1 Å². The molecule has 2 atom stereocenters. The lowest BCUT2D eigenvalue weighted by Gasteiger charge is -2.29. The number of amides is 3. The van der Waals surface area contributed by atoms with E-state index in [2.05, 4.69) is 22.5 Å². The minimum atomic E-state index is -0.444. The van der Waals surface area contributed by atoms with E-state index in [1.807, 2.05) is 12.1 Å². The number of carbonyl (C=O) groups is 2. The number of para-hydroxylation sites is 1. The van der Waals surface area contributed by atoms with Crippen LogP contribution in [0, 0.1) is 5.92 Å². The molecule has 1 aromatic carbocycles. The topological polar surface area (TPSA) is 93.1 Å². The first-order chi connectivity index (χ1) is 14.0. The number of nitrogens with one attached hydrogen (secondary N) is 2. The van der Waals surface area contributed by atoms with E-state index in [-0.39, 0.29) is 29.3 Å². The number of imide groups is 1. The van der Waals surface area contributed by atoms with Crippen molar-refractivity contribution in [3.8, 4) is 0 Å². The number of urea groups is 1. The number of thioether (sulfide) groups is 1. The summed E-state index contributed by atoms with van der Waals surface area (Å²) in [5, 5.41) is 6.46. The molecule has 0 bridgehead atoms. The summed E-state index contributed by atoms with van der Waals surface area (Å²) >= 11 is 1.20. The summed E-state index contributed by atoms with van der Waals surface area (Å²) < 4.78 is 1.70. The third-order valence-electron chi connectivity index (χ3n) is 5.70. The first-order valence-corrected chi connectivity index (χ1v) is 11.3. The molecule has 2 aromatic rings. The van der Waals surface area contributed by atoms with Crippen molar-refractivity contribution in [2.75, 3.05) is 5.75 Å². The number of rotatable bonds is 5. The second-order valence-corrected chi connectivity index (χ2v) is 8.94. The van der Waals surface area contributed by atoms with Gasteiger partial charge in [0.05, 0.1) is 16.7 Å². The van der Waals surface area contributed by atoms with Gasteiger partial charge in [-0.15, -0.1) is 0 Å². The highest BCUT2D eigenvalue weighted by molar-refractivity contribution is 7.99. The molecule has 0 radical (unpaired) electrons. The number of nitrogens with zero attached hydrogens (tertiary/aromatic N) is 2. The van der Waals surface area contributed by atoms with Crippen LogP contribution in [0.1, 0.15) is 51.5 Å². The van der Waals surface area contributed by atoms with E-state index in [1.165, 1.54) is 18.2 Å². The van der Waals surface area contributed by atoms with E-state index >= 15 is 0 Å². The molecule has 0 spiro atoms. The lowest BCUT2D eigenvalue weighted by molar-refractivity contribution is -0.117. The van der Waals surface area contributed by atoms with Crippen molar-refractivity contribution >= 4 is 34.6 Å². The van der Waals surface area contributed by atoms with Crippen molar-refractivity contribution in [2.24, 2.45) is 5.92 Å². The molecule has 2 aliphatic rings. The number of benzene rings is 1. The van der Waals surface area contributed by atoms with Crippen LogP contribution in [-0.4, -0.2) is 33.3 Å². The molecule has 4 rings (SSSR count). The van der Waals surface area contributed by atoms with Gasteiger partial charge in [0.2, 0.25) is 5.91 Å². The van der Waals surface area contributed by atoms with Gasteiger partial charge in [0.15, 0.2) is 5.16 Å². The number of aromatic nitrogens is 2. The first-order valence-electron chi connectivity index (χ1n) is 10.3. The summed E-state index contributed by atoms with van der Waals surface area (Å²) in [5.41, 5.74) is 0.561. The Labute approximate surface area is 173 Å². The Hall–Kier alpha value is -2.35. The van der Waals surface area contributed by atoms with E-state index in [0.29, 0.717) is 22.0 Å². The molecule has 0 saturated heterocycles. The van der Waals surface area contributed by atoms with Crippen molar-refractivity contribution in [1.82, 2.24) is 20.2 Å². The number of carbonyl (C=O) groups excluding carboxylic acids is 2. The van der Waals surface area contributed by atoms with Crippen LogP contribution in [0.2, 0.25) is 0 Å². The normalized spacial score (nSPS) is 21.7. The van der Waals surface area contributed by atoms with Crippen LogP contribution in [0.25, 0.3) is 10.9 Å². The Morgan fingerprint density at radius 1 is 1.17 bits per heavy atom. The van der Waals surface area contributed by atoms with Crippen molar-refractivity contribution < 1.29 is 9.59 Å². The minimum Gasteiger partial charge on any atom is -0.335 e. The van der Waals surface area contributed by atoms with Gasteiger partial charge < -0.3 is 5.32 Å². The molecule has 29 heavy (non-hydrogen) atoms. The van der Waals surface area contributed by atoms with Crippen LogP contribution in [0.5, 0.6) is 0 Å². The quantitative estimate of drug-likeness (QED) is 0.579. The van der Waals surface area contributed by atoms with Crippen LogP contribution in [0.3, 0.4) is 0 Å². The van der Waals surface area contributed by atoms with E-state index in [1.54, 1.807) is 16.7 Å². The predicted octanol–water partition coefficient (Wildman–Crippen LogP) is 3.23. The summed E-state index contributed by atoms with van der Waals surface area (Å²) in [7, 11) is 0. The summed E-state index contributed by atoms with van der Waals surface area (Å²) in [6, 6.07) is 7.08. The molecule has 8 heteroatoms. The third kappa shape index (κ3) is 4.63. The van der Waals surface area contributed by atoms with E-state index in [4.69, 9.17) is 0 Å². The zero-order valence-electron chi connectivity index (χ0n) is 16.5. The fraction of sp³-hybridized carbons (Fsp3) is 0.524. The molecule has 2 fully saturated rings. The average molecular weight is 415 g/mol. The van der Waals surface area contributed by atoms with Crippen LogP contribution >= 0.6 is 11.8 Å². The van der Waals surface area contributed by atoms with Crippen LogP contribution in [-0.2, 0) is 4.79 Å². The largest absolute Gasteiger partial charge is 0.335 e.